The van der Waals surface area contributed by atoms with Crippen LogP contribution in [0.15, 0.2) is 9.72 Å². The lowest BCUT2D eigenvalue weighted by atomic mass is 9.99. The summed E-state index contributed by atoms with van der Waals surface area (Å²) in [6, 6.07) is 0. The first-order valence-corrected chi connectivity index (χ1v) is 8.35. The Morgan fingerprint density at radius 1 is 1.48 bits per heavy atom. The van der Waals surface area contributed by atoms with E-state index in [4.69, 9.17) is 5.11 Å². The van der Waals surface area contributed by atoms with Gasteiger partial charge in [-0.2, -0.15) is 4.31 Å². The van der Waals surface area contributed by atoms with Crippen LogP contribution in [0.1, 0.15) is 17.4 Å². The number of esters is 1. The Morgan fingerprint density at radius 3 is 2.71 bits per heavy atom. The highest BCUT2D eigenvalue weighted by atomic mass is 32.2. The summed E-state index contributed by atoms with van der Waals surface area (Å²) in [5.74, 6) is -2.62. The number of carboxylic acid groups (broad SMARTS) is 1. The summed E-state index contributed by atoms with van der Waals surface area (Å²) in [6.07, 6.45) is 0. The summed E-state index contributed by atoms with van der Waals surface area (Å²) >= 11 is 0.751. The number of carboxylic acids is 1. The minimum Gasteiger partial charge on any atom is -0.476 e. The second-order valence-corrected chi connectivity index (χ2v) is 7.71. The second kappa shape index (κ2) is 5.70. The van der Waals surface area contributed by atoms with Crippen LogP contribution < -0.4 is 0 Å². The first-order valence-electron chi connectivity index (χ1n) is 6.03. The summed E-state index contributed by atoms with van der Waals surface area (Å²) in [5.41, 5.74) is 0.683. The molecule has 1 saturated heterocycles. The minimum absolute atomic E-state index is 0.0207. The third kappa shape index (κ3) is 2.78. The van der Waals surface area contributed by atoms with Crippen LogP contribution in [-0.2, 0) is 19.6 Å². The summed E-state index contributed by atoms with van der Waals surface area (Å²) in [5, 5.41) is 8.98. The SMILES string of the molecule is COC(=O)C1CN(S(=O)(=O)c2scnc2C(=O)O)CC1C. The lowest BCUT2D eigenvalue weighted by molar-refractivity contribution is -0.145. The molecule has 10 heteroatoms. The van der Waals surface area contributed by atoms with E-state index in [-0.39, 0.29) is 23.2 Å². The molecule has 0 bridgehead atoms. The molecule has 1 aliphatic rings. The number of methoxy groups -OCH3 is 1. The van der Waals surface area contributed by atoms with E-state index in [0.29, 0.717) is 0 Å². The third-order valence-electron chi connectivity index (χ3n) is 3.39. The topological polar surface area (TPSA) is 114 Å². The highest BCUT2D eigenvalue weighted by molar-refractivity contribution is 7.91. The molecule has 0 saturated carbocycles. The fourth-order valence-electron chi connectivity index (χ4n) is 2.25. The van der Waals surface area contributed by atoms with Gasteiger partial charge >= 0.3 is 11.9 Å². The standard InChI is InChI=1S/C11H14N2O6S2/c1-6-3-13(4-7(6)10(16)19-2)21(17,18)11-8(9(14)15)12-5-20-11/h5-7H,3-4H2,1-2H3,(H,14,15). The first-order chi connectivity index (χ1) is 9.78. The number of hydrogen-bond acceptors (Lipinski definition) is 7. The average molecular weight is 334 g/mol. The predicted molar refractivity (Wildman–Crippen MR) is 72.5 cm³/mol. The molecule has 21 heavy (non-hydrogen) atoms. The van der Waals surface area contributed by atoms with Crippen LogP contribution in [0, 0.1) is 11.8 Å². The monoisotopic (exact) mass is 334 g/mol. The van der Waals surface area contributed by atoms with Crippen molar-refractivity contribution in [3.05, 3.63) is 11.2 Å². The van der Waals surface area contributed by atoms with Gasteiger partial charge in [0.1, 0.15) is 0 Å². The quantitative estimate of drug-likeness (QED) is 0.786. The Kier molecular flexibility index (Phi) is 4.30. The molecule has 1 fully saturated rings. The molecule has 116 valence electrons. The molecule has 8 nitrogen and oxygen atoms in total. The summed E-state index contributed by atoms with van der Waals surface area (Å²) in [7, 11) is -2.73. The lowest BCUT2D eigenvalue weighted by Gasteiger charge is -2.15. The van der Waals surface area contributed by atoms with Crippen molar-refractivity contribution < 1.29 is 27.9 Å². The Balaban J connectivity index is 2.32. The molecule has 2 rings (SSSR count). The van der Waals surface area contributed by atoms with Crippen molar-refractivity contribution >= 4 is 33.3 Å². The van der Waals surface area contributed by atoms with E-state index < -0.39 is 33.6 Å². The van der Waals surface area contributed by atoms with Crippen molar-refractivity contribution in [1.82, 2.24) is 9.29 Å². The molecule has 0 aromatic carbocycles. The van der Waals surface area contributed by atoms with E-state index in [1.165, 1.54) is 12.6 Å². The number of sulfonamides is 1. The number of carbonyl (C=O) groups excluding carboxylic acids is 1. The molecule has 1 aromatic rings. The Bertz CT molecular complexity index is 668. The number of ether oxygens (including phenoxy) is 1. The van der Waals surface area contributed by atoms with Crippen LogP contribution in [0.4, 0.5) is 0 Å². The number of thiazole rings is 1. The normalized spacial score (nSPS) is 23.1. The molecule has 1 aliphatic heterocycles. The fourth-order valence-corrected chi connectivity index (χ4v) is 5.10. The average Bonchev–Trinajstić information content (AvgIpc) is 3.04. The summed E-state index contributed by atoms with van der Waals surface area (Å²) in [6.45, 7) is 1.87. The number of carbonyl (C=O) groups is 2. The second-order valence-electron chi connectivity index (χ2n) is 4.72. The van der Waals surface area contributed by atoms with Crippen molar-refractivity contribution in [2.24, 2.45) is 11.8 Å². The van der Waals surface area contributed by atoms with Gasteiger partial charge in [-0.3, -0.25) is 4.79 Å². The molecule has 2 atom stereocenters. The summed E-state index contributed by atoms with van der Waals surface area (Å²) in [4.78, 5) is 26.2. The Labute approximate surface area is 125 Å². The van der Waals surface area contributed by atoms with Crippen LogP contribution in [0.5, 0.6) is 0 Å². The smallest absolute Gasteiger partial charge is 0.356 e. The highest BCUT2D eigenvalue weighted by Gasteiger charge is 2.43. The van der Waals surface area contributed by atoms with Gasteiger partial charge in [-0.15, -0.1) is 11.3 Å². The van der Waals surface area contributed by atoms with E-state index in [1.807, 2.05) is 0 Å². The minimum atomic E-state index is -3.98. The number of nitrogens with zero attached hydrogens (tertiary/aromatic N) is 2. The van der Waals surface area contributed by atoms with Crippen molar-refractivity contribution in [3.63, 3.8) is 0 Å². The Morgan fingerprint density at radius 2 is 2.14 bits per heavy atom. The van der Waals surface area contributed by atoms with Crippen molar-refractivity contribution in [2.45, 2.75) is 11.1 Å². The van der Waals surface area contributed by atoms with Gasteiger partial charge in [0.2, 0.25) is 0 Å². The number of rotatable bonds is 4. The van der Waals surface area contributed by atoms with E-state index in [0.717, 1.165) is 15.6 Å². The maximum atomic E-state index is 12.5. The number of aromatic carboxylic acids is 1. The van der Waals surface area contributed by atoms with Crippen LogP contribution in [0.2, 0.25) is 0 Å². The van der Waals surface area contributed by atoms with Crippen molar-refractivity contribution in [3.8, 4) is 0 Å². The number of aromatic nitrogens is 1. The third-order valence-corrected chi connectivity index (χ3v) is 6.57. The fraction of sp³-hybridized carbons (Fsp3) is 0.545. The van der Waals surface area contributed by atoms with E-state index >= 15 is 0 Å². The zero-order valence-corrected chi connectivity index (χ0v) is 13.0. The van der Waals surface area contributed by atoms with Gasteiger partial charge in [0.05, 0.1) is 18.5 Å². The molecular formula is C11H14N2O6S2. The molecule has 0 amide bonds. The molecule has 2 unspecified atom stereocenters. The molecule has 1 aromatic heterocycles. The van der Waals surface area contributed by atoms with E-state index in [1.54, 1.807) is 6.92 Å². The molecule has 0 spiro atoms. The van der Waals surface area contributed by atoms with Crippen LogP contribution in [0.25, 0.3) is 0 Å². The largest absolute Gasteiger partial charge is 0.476 e. The van der Waals surface area contributed by atoms with Gasteiger partial charge < -0.3 is 9.84 Å². The van der Waals surface area contributed by atoms with Crippen LogP contribution in [-0.4, -0.2) is 55.0 Å². The molecule has 0 aliphatic carbocycles. The number of hydrogen-bond donors (Lipinski definition) is 1. The molecule has 0 radical (unpaired) electrons. The zero-order valence-electron chi connectivity index (χ0n) is 11.3. The van der Waals surface area contributed by atoms with Crippen molar-refractivity contribution in [1.29, 1.82) is 0 Å². The maximum absolute atomic E-state index is 12.5. The predicted octanol–water partition coefficient (Wildman–Crippen LogP) is 0.271. The molecule has 1 N–H and O–H groups in total. The van der Waals surface area contributed by atoms with Crippen LogP contribution in [0.3, 0.4) is 0 Å². The Hall–Kier alpha value is -1.52. The van der Waals surface area contributed by atoms with Crippen molar-refractivity contribution in [2.75, 3.05) is 20.2 Å². The van der Waals surface area contributed by atoms with Gasteiger partial charge in [0.15, 0.2) is 9.90 Å². The van der Waals surface area contributed by atoms with Gasteiger partial charge in [-0.1, -0.05) is 6.92 Å². The van der Waals surface area contributed by atoms with Gasteiger partial charge in [-0.05, 0) is 5.92 Å². The van der Waals surface area contributed by atoms with Gasteiger partial charge in [-0.25, -0.2) is 18.2 Å². The highest BCUT2D eigenvalue weighted by Crippen LogP contribution is 2.32. The van der Waals surface area contributed by atoms with Gasteiger partial charge in [0.25, 0.3) is 10.0 Å². The van der Waals surface area contributed by atoms with E-state index in [2.05, 4.69) is 9.72 Å². The summed E-state index contributed by atoms with van der Waals surface area (Å²) < 4.78 is 30.5. The van der Waals surface area contributed by atoms with E-state index in [9.17, 15) is 18.0 Å². The van der Waals surface area contributed by atoms with Gasteiger partial charge in [0, 0.05) is 13.1 Å². The maximum Gasteiger partial charge on any atom is 0.356 e. The zero-order chi connectivity index (χ0) is 15.8. The lowest BCUT2D eigenvalue weighted by Crippen LogP contribution is -2.30. The molecule has 2 heterocycles. The van der Waals surface area contributed by atoms with Crippen LogP contribution >= 0.6 is 11.3 Å². The first kappa shape index (κ1) is 15.9. The molecular weight excluding hydrogens is 320 g/mol.